The van der Waals surface area contributed by atoms with Crippen LogP contribution in [0.2, 0.25) is 0 Å². The maximum absolute atomic E-state index is 11.8. The van der Waals surface area contributed by atoms with Crippen LogP contribution >= 0.6 is 0 Å². The average molecular weight is 365 g/mol. The van der Waals surface area contributed by atoms with Gasteiger partial charge in [0, 0.05) is 0 Å². The highest BCUT2D eigenvalue weighted by Crippen LogP contribution is 2.40. The van der Waals surface area contributed by atoms with E-state index in [2.05, 4.69) is 10.1 Å². The average Bonchev–Trinajstić information content (AvgIpc) is 3.09. The number of anilines is 1. The van der Waals surface area contributed by atoms with E-state index in [9.17, 15) is 15.0 Å². The largest absolute Gasteiger partial charge is 0.461 e. The third-order valence-corrected chi connectivity index (χ3v) is 4.56. The number of fused-ring (bicyclic) bond motifs is 1. The van der Waals surface area contributed by atoms with Crippen molar-refractivity contribution in [3.8, 4) is 0 Å². The summed E-state index contributed by atoms with van der Waals surface area (Å²) in [6.45, 7) is 4.40. The first-order valence-corrected chi connectivity index (χ1v) is 8.14. The second-order valence-corrected chi connectivity index (χ2v) is 7.18. The zero-order valence-electron chi connectivity index (χ0n) is 14.8. The predicted octanol–water partition coefficient (Wildman–Crippen LogP) is -1.07. The predicted molar refractivity (Wildman–Crippen MR) is 90.9 cm³/mol. The zero-order chi connectivity index (χ0) is 19.3. The van der Waals surface area contributed by atoms with Gasteiger partial charge in [0.05, 0.1) is 5.69 Å². The molecular weight excluding hydrogens is 342 g/mol. The van der Waals surface area contributed by atoms with Gasteiger partial charge in [-0.1, -0.05) is 0 Å². The number of ether oxygens (including phenoxy) is 2. The molecule has 10 nitrogen and oxygen atoms in total. The summed E-state index contributed by atoms with van der Waals surface area (Å²) in [6.07, 6.45) is -2.17. The first-order chi connectivity index (χ1) is 12.1. The maximum Gasteiger partial charge on any atom is 0.325 e. The molecule has 142 valence electrons. The molecule has 0 bridgehead atoms. The van der Waals surface area contributed by atoms with Crippen molar-refractivity contribution in [3.63, 3.8) is 0 Å². The van der Waals surface area contributed by atoms with Crippen molar-refractivity contribution >= 4 is 17.3 Å². The fourth-order valence-electron chi connectivity index (χ4n) is 3.00. The van der Waals surface area contributed by atoms with Crippen LogP contribution < -0.4 is 11.5 Å². The van der Waals surface area contributed by atoms with Crippen molar-refractivity contribution in [1.29, 1.82) is 0 Å². The van der Waals surface area contributed by atoms with Gasteiger partial charge in [0.15, 0.2) is 5.82 Å². The standard InChI is InChI=1S/C16H23N5O5/c1-15(2,18)14(24)25-6-9-11(22)12(23)16(3,26-9)10-5-4-8-13(17)19-7-20-21(8)10/h4-5,7,9,11-12,22-23H,6,18H2,1-3H3,(H2,17,19,20)/t9-,11-,12-,16+/m1/s1. The lowest BCUT2D eigenvalue weighted by Gasteiger charge is -2.27. The van der Waals surface area contributed by atoms with E-state index in [1.54, 1.807) is 19.1 Å². The summed E-state index contributed by atoms with van der Waals surface area (Å²) in [4.78, 5) is 15.7. The van der Waals surface area contributed by atoms with E-state index in [0.29, 0.717) is 11.2 Å². The number of carbonyl (C=O) groups is 1. The highest BCUT2D eigenvalue weighted by molar-refractivity contribution is 5.79. The number of aromatic nitrogens is 3. The van der Waals surface area contributed by atoms with Gasteiger partial charge in [0.25, 0.3) is 0 Å². The molecule has 10 heteroatoms. The van der Waals surface area contributed by atoms with Crippen molar-refractivity contribution < 1.29 is 24.5 Å². The number of nitrogens with two attached hydrogens (primary N) is 2. The number of hydrogen-bond donors (Lipinski definition) is 4. The monoisotopic (exact) mass is 365 g/mol. The maximum atomic E-state index is 11.8. The van der Waals surface area contributed by atoms with Gasteiger partial charge in [-0.25, -0.2) is 9.50 Å². The lowest BCUT2D eigenvalue weighted by atomic mass is 9.93. The Morgan fingerprint density at radius 3 is 2.81 bits per heavy atom. The topological polar surface area (TPSA) is 158 Å². The van der Waals surface area contributed by atoms with Gasteiger partial charge >= 0.3 is 5.97 Å². The Balaban J connectivity index is 1.86. The lowest BCUT2D eigenvalue weighted by molar-refractivity contribution is -0.156. The van der Waals surface area contributed by atoms with Gasteiger partial charge in [0.1, 0.15) is 47.9 Å². The van der Waals surface area contributed by atoms with Crippen molar-refractivity contribution in [1.82, 2.24) is 14.6 Å². The second-order valence-electron chi connectivity index (χ2n) is 7.18. The Hall–Kier alpha value is -2.27. The minimum absolute atomic E-state index is 0.242. The SMILES string of the molecule is CC(C)(N)C(=O)OC[C@H]1O[C@@](C)(c2ccc3c(N)ncnn23)[C@H](O)[C@@H]1O. The van der Waals surface area contributed by atoms with Crippen LogP contribution in [0.15, 0.2) is 18.5 Å². The third kappa shape index (κ3) is 2.90. The number of hydrogen-bond acceptors (Lipinski definition) is 9. The van der Waals surface area contributed by atoms with Crippen LogP contribution in [0, 0.1) is 0 Å². The highest BCUT2D eigenvalue weighted by Gasteiger charge is 2.54. The first-order valence-electron chi connectivity index (χ1n) is 8.14. The first kappa shape index (κ1) is 18.5. The lowest BCUT2D eigenvalue weighted by Crippen LogP contribution is -2.44. The van der Waals surface area contributed by atoms with Gasteiger partial charge in [0.2, 0.25) is 0 Å². The molecule has 26 heavy (non-hydrogen) atoms. The number of rotatable bonds is 4. The molecule has 1 aliphatic heterocycles. The minimum Gasteiger partial charge on any atom is -0.461 e. The van der Waals surface area contributed by atoms with Gasteiger partial charge in [-0.15, -0.1) is 0 Å². The number of nitrogen functional groups attached to an aromatic ring is 1. The van der Waals surface area contributed by atoms with Gasteiger partial charge in [-0.3, -0.25) is 4.79 Å². The van der Waals surface area contributed by atoms with Crippen LogP contribution in [-0.2, 0) is 19.9 Å². The summed E-state index contributed by atoms with van der Waals surface area (Å²) in [5.74, 6) is -0.358. The fourth-order valence-corrected chi connectivity index (χ4v) is 3.00. The molecule has 0 saturated carbocycles. The highest BCUT2D eigenvalue weighted by atomic mass is 16.6. The Morgan fingerprint density at radius 2 is 2.15 bits per heavy atom. The van der Waals surface area contributed by atoms with Crippen molar-refractivity contribution in [2.45, 2.75) is 50.2 Å². The molecule has 0 amide bonds. The van der Waals surface area contributed by atoms with Gasteiger partial charge in [-0.2, -0.15) is 5.10 Å². The molecule has 1 fully saturated rings. The zero-order valence-corrected chi connectivity index (χ0v) is 14.8. The van der Waals surface area contributed by atoms with E-state index in [-0.39, 0.29) is 12.4 Å². The van der Waals surface area contributed by atoms with E-state index in [0.717, 1.165) is 0 Å². The molecule has 0 aromatic carbocycles. The Morgan fingerprint density at radius 1 is 1.46 bits per heavy atom. The van der Waals surface area contributed by atoms with E-state index < -0.39 is 35.4 Å². The van der Waals surface area contributed by atoms with Crippen LogP contribution in [0.5, 0.6) is 0 Å². The molecule has 0 radical (unpaired) electrons. The summed E-state index contributed by atoms with van der Waals surface area (Å²) in [6, 6.07) is 3.39. The van der Waals surface area contributed by atoms with Crippen molar-refractivity contribution in [3.05, 3.63) is 24.2 Å². The van der Waals surface area contributed by atoms with E-state index in [1.807, 2.05) is 0 Å². The molecule has 1 saturated heterocycles. The van der Waals surface area contributed by atoms with Gasteiger partial charge < -0.3 is 31.2 Å². The molecule has 0 unspecified atom stereocenters. The Bertz CT molecular complexity index is 832. The molecule has 2 aromatic rings. The number of aliphatic hydroxyl groups is 2. The number of nitrogens with zero attached hydrogens (tertiary/aromatic N) is 3. The quantitative estimate of drug-likeness (QED) is 0.495. The number of aliphatic hydroxyl groups excluding tert-OH is 2. The summed E-state index contributed by atoms with van der Waals surface area (Å²) in [5.41, 5.74) is 10.1. The Kier molecular flexibility index (Phi) is 4.39. The molecule has 2 aromatic heterocycles. The summed E-state index contributed by atoms with van der Waals surface area (Å²) in [5, 5.41) is 25.1. The molecule has 1 aliphatic rings. The van der Waals surface area contributed by atoms with Crippen LogP contribution in [0.25, 0.3) is 5.52 Å². The molecule has 6 N–H and O–H groups in total. The molecular formula is C16H23N5O5. The second kappa shape index (κ2) is 6.16. The number of esters is 1. The van der Waals surface area contributed by atoms with Crippen molar-refractivity contribution in [2.75, 3.05) is 12.3 Å². The molecule has 3 heterocycles. The Labute approximate surface area is 149 Å². The smallest absolute Gasteiger partial charge is 0.325 e. The van der Waals surface area contributed by atoms with E-state index in [1.165, 1.54) is 24.7 Å². The van der Waals surface area contributed by atoms with Crippen LogP contribution in [0.1, 0.15) is 26.5 Å². The summed E-state index contributed by atoms with van der Waals surface area (Å²) < 4.78 is 12.5. The normalized spacial score (nSPS) is 29.2. The third-order valence-electron chi connectivity index (χ3n) is 4.56. The fraction of sp³-hybridized carbons (Fsp3) is 0.562. The van der Waals surface area contributed by atoms with Crippen LogP contribution in [0.4, 0.5) is 5.82 Å². The van der Waals surface area contributed by atoms with Crippen LogP contribution in [0.3, 0.4) is 0 Å². The number of carbonyl (C=O) groups excluding carboxylic acids is 1. The molecule has 4 atom stereocenters. The van der Waals surface area contributed by atoms with Crippen molar-refractivity contribution in [2.24, 2.45) is 5.73 Å². The van der Waals surface area contributed by atoms with Crippen LogP contribution in [-0.4, -0.2) is 61.2 Å². The van der Waals surface area contributed by atoms with E-state index >= 15 is 0 Å². The van der Waals surface area contributed by atoms with Gasteiger partial charge in [-0.05, 0) is 32.9 Å². The molecule has 0 spiro atoms. The molecule has 0 aliphatic carbocycles. The summed E-state index contributed by atoms with van der Waals surface area (Å²) >= 11 is 0. The minimum atomic E-state index is -1.29. The van der Waals surface area contributed by atoms with E-state index in [4.69, 9.17) is 20.9 Å². The summed E-state index contributed by atoms with van der Waals surface area (Å²) in [7, 11) is 0. The molecule has 3 rings (SSSR count).